The summed E-state index contributed by atoms with van der Waals surface area (Å²) in [6.45, 7) is 12.2. The molecule has 4 rings (SSSR count). The van der Waals surface area contributed by atoms with Gasteiger partial charge in [-0.1, -0.05) is 88.5 Å². The molecule has 0 aromatic carbocycles. The second-order valence-electron chi connectivity index (χ2n) is 18.6. The van der Waals surface area contributed by atoms with Crippen molar-refractivity contribution in [3.63, 3.8) is 0 Å². The van der Waals surface area contributed by atoms with Crippen molar-refractivity contribution in [2.75, 3.05) is 0 Å². The Hall–Kier alpha value is -2.47. The van der Waals surface area contributed by atoms with Crippen molar-refractivity contribution in [2.45, 2.75) is 209 Å². The van der Waals surface area contributed by atoms with Crippen LogP contribution in [0.5, 0.6) is 0 Å². The average molecular weight is 929 g/mol. The normalized spacial score (nSPS) is 49.6. The van der Waals surface area contributed by atoms with Crippen molar-refractivity contribution in [3.8, 4) is 0 Å². The van der Waals surface area contributed by atoms with E-state index in [-0.39, 0.29) is 30.8 Å². The van der Waals surface area contributed by atoms with Gasteiger partial charge in [0.1, 0.15) is 36.1 Å². The highest BCUT2D eigenvalue weighted by atomic mass is 16.7. The third-order valence-electron chi connectivity index (χ3n) is 13.3. The Labute approximate surface area is 382 Å². The van der Waals surface area contributed by atoms with Crippen LogP contribution in [0.25, 0.3) is 0 Å². The number of rotatable bonds is 5. The van der Waals surface area contributed by atoms with Gasteiger partial charge in [0.05, 0.1) is 67.5 Å². The van der Waals surface area contributed by atoms with E-state index < -0.39 is 147 Å². The molecule has 0 aromatic rings. The molecule has 0 saturated carbocycles. The number of ether oxygens (including phenoxy) is 6. The number of cyclic esters (lactones) is 1. The maximum Gasteiger partial charge on any atom is 0.308 e. The molecule has 4 aliphatic heterocycles. The van der Waals surface area contributed by atoms with Crippen molar-refractivity contribution in [3.05, 3.63) is 60.8 Å². The van der Waals surface area contributed by atoms with Gasteiger partial charge in [0, 0.05) is 49.9 Å². The molecule has 18 nitrogen and oxygen atoms in total. The Bertz CT molecular complexity index is 1610. The summed E-state index contributed by atoms with van der Waals surface area (Å²) in [7, 11) is 0. The zero-order valence-electron chi connectivity index (χ0n) is 38.5. The molecule has 2 bridgehead atoms. The molecular weight excluding hydrogens is 852 g/mol. The molecule has 372 valence electrons. The Morgan fingerprint density at radius 2 is 1.28 bits per heavy atom. The van der Waals surface area contributed by atoms with E-state index in [2.05, 4.69) is 0 Å². The van der Waals surface area contributed by atoms with Gasteiger partial charge in [0.25, 0.3) is 0 Å². The van der Waals surface area contributed by atoms with E-state index in [9.17, 15) is 61.0 Å². The van der Waals surface area contributed by atoms with Crippen molar-refractivity contribution >= 4 is 5.97 Å². The number of hydrogen-bond acceptors (Lipinski definition) is 18. The number of esters is 1. The monoisotopic (exact) mass is 929 g/mol. The number of carbonyl (C=O) groups excluding carboxylic acids is 1. The van der Waals surface area contributed by atoms with Crippen LogP contribution in [0.15, 0.2) is 60.8 Å². The highest BCUT2D eigenvalue weighted by Gasteiger charge is 2.54. The van der Waals surface area contributed by atoms with E-state index >= 15 is 0 Å². The number of carbonyl (C=O) groups is 1. The lowest BCUT2D eigenvalue weighted by atomic mass is 9.80. The first-order valence-corrected chi connectivity index (χ1v) is 22.9. The molecule has 0 radical (unpaired) electrons. The second-order valence-corrected chi connectivity index (χ2v) is 18.6. The summed E-state index contributed by atoms with van der Waals surface area (Å²) < 4.78 is 36.1. The smallest absolute Gasteiger partial charge is 0.308 e. The summed E-state index contributed by atoms with van der Waals surface area (Å²) in [5.41, 5.74) is -2.00. The molecule has 18 heteroatoms. The predicted octanol–water partition coefficient (Wildman–Crippen LogP) is 0.698. The van der Waals surface area contributed by atoms with Crippen LogP contribution in [-0.2, 0) is 33.2 Å². The Morgan fingerprint density at radius 1 is 0.662 bits per heavy atom. The maximum absolute atomic E-state index is 13.3. The quantitative estimate of drug-likeness (QED) is 0.169. The first-order chi connectivity index (χ1) is 30.5. The minimum Gasteiger partial charge on any atom is -0.462 e. The van der Waals surface area contributed by atoms with Crippen molar-refractivity contribution in [2.24, 2.45) is 17.8 Å². The summed E-state index contributed by atoms with van der Waals surface area (Å²) in [5.74, 6) is -3.95. The lowest BCUT2D eigenvalue weighted by molar-refractivity contribution is -0.341. The van der Waals surface area contributed by atoms with Gasteiger partial charge in [0.15, 0.2) is 18.4 Å². The molecule has 65 heavy (non-hydrogen) atoms. The largest absolute Gasteiger partial charge is 0.462 e. The maximum atomic E-state index is 13.3. The molecule has 0 spiro atoms. The molecule has 7 unspecified atom stereocenters. The summed E-state index contributed by atoms with van der Waals surface area (Å²) >= 11 is 0. The van der Waals surface area contributed by atoms with Crippen LogP contribution in [-0.4, -0.2) is 178 Å². The SMILES string of the molecule is CCC1OC(=O)CC(O)[C@@H](O)[C@H](O)C[C@H](O)C[C@]2(O)C[C@H](O)[C@](C)(O)C(CC(O[C@@H]3O[C@H](C)[C@@H](O)[C@H](O)[C@@H]3O)/C=C/C=C/C=C/C=C/C=C/C(C)C(O[C@H]3C[C@@H](O)[C@@H](C)[C@H](C)O3)C1C)O2. The van der Waals surface area contributed by atoms with Gasteiger partial charge in [-0.25, -0.2) is 0 Å². The fourth-order valence-electron chi connectivity index (χ4n) is 8.73. The molecule has 4 heterocycles. The van der Waals surface area contributed by atoms with Gasteiger partial charge in [-0.05, 0) is 27.2 Å². The summed E-state index contributed by atoms with van der Waals surface area (Å²) in [4.78, 5) is 13.3. The molecule has 0 aromatic heterocycles. The highest BCUT2D eigenvalue weighted by Crippen LogP contribution is 2.40. The molecule has 22 atom stereocenters. The van der Waals surface area contributed by atoms with Crippen LogP contribution in [0.3, 0.4) is 0 Å². The zero-order valence-corrected chi connectivity index (χ0v) is 38.5. The molecular formula is C47H76O18. The lowest BCUT2D eigenvalue weighted by Gasteiger charge is -2.49. The predicted molar refractivity (Wildman–Crippen MR) is 234 cm³/mol. The van der Waals surface area contributed by atoms with Gasteiger partial charge < -0.3 is 84.6 Å². The van der Waals surface area contributed by atoms with Crippen LogP contribution in [0.1, 0.15) is 93.4 Å². The van der Waals surface area contributed by atoms with Crippen molar-refractivity contribution in [1.82, 2.24) is 0 Å². The van der Waals surface area contributed by atoms with E-state index in [0.29, 0.717) is 6.42 Å². The Morgan fingerprint density at radius 3 is 1.89 bits per heavy atom. The van der Waals surface area contributed by atoms with E-state index in [1.165, 1.54) is 19.9 Å². The number of aliphatic hydroxyl groups is 11. The molecule has 0 amide bonds. The summed E-state index contributed by atoms with van der Waals surface area (Å²) in [6.07, 6.45) is -6.12. The van der Waals surface area contributed by atoms with E-state index in [1.807, 2.05) is 52.8 Å². The van der Waals surface area contributed by atoms with Gasteiger partial charge >= 0.3 is 5.97 Å². The third kappa shape index (κ3) is 15.3. The minimum atomic E-state index is -2.30. The molecule has 4 aliphatic rings. The van der Waals surface area contributed by atoms with Crippen molar-refractivity contribution in [1.29, 1.82) is 0 Å². The third-order valence-corrected chi connectivity index (χ3v) is 13.3. The lowest BCUT2D eigenvalue weighted by Crippen LogP contribution is -2.63. The number of fused-ring (bicyclic) bond motifs is 2. The molecule has 0 aliphatic carbocycles. The highest BCUT2D eigenvalue weighted by molar-refractivity contribution is 5.70. The second kappa shape index (κ2) is 24.7. The van der Waals surface area contributed by atoms with Gasteiger partial charge in [-0.2, -0.15) is 0 Å². The van der Waals surface area contributed by atoms with E-state index in [4.69, 9.17) is 28.4 Å². The average Bonchev–Trinajstić information content (AvgIpc) is 3.23. The van der Waals surface area contributed by atoms with Crippen molar-refractivity contribution < 1.29 is 89.4 Å². The van der Waals surface area contributed by atoms with Gasteiger partial charge in [0.2, 0.25) is 0 Å². The number of hydrogen-bond donors (Lipinski definition) is 11. The van der Waals surface area contributed by atoms with Gasteiger partial charge in [-0.3, -0.25) is 4.79 Å². The minimum absolute atomic E-state index is 0.0998. The van der Waals surface area contributed by atoms with E-state index in [0.717, 1.165) is 0 Å². The number of aliphatic hydroxyl groups excluding tert-OH is 9. The summed E-state index contributed by atoms with van der Waals surface area (Å²) in [6, 6.07) is 0. The molecule has 3 saturated heterocycles. The van der Waals surface area contributed by atoms with Crippen LogP contribution < -0.4 is 0 Å². The topological polar surface area (TPSA) is 295 Å². The molecule has 3 fully saturated rings. The Kier molecular flexibility index (Phi) is 21.0. The van der Waals surface area contributed by atoms with Gasteiger partial charge in [-0.15, -0.1) is 0 Å². The van der Waals surface area contributed by atoms with Crippen LogP contribution >= 0.6 is 0 Å². The fraction of sp³-hybridized carbons (Fsp3) is 0.766. The first kappa shape index (κ1) is 55.1. The number of allylic oxidation sites excluding steroid dienone is 8. The first-order valence-electron chi connectivity index (χ1n) is 22.9. The van der Waals surface area contributed by atoms with Crippen LogP contribution in [0, 0.1) is 17.8 Å². The standard InChI is InChI=1S/C47H76O18/c1-8-35-27(4)44(64-39-22-32(49)26(3)28(5)60-39)25(2)17-15-13-11-9-10-12-14-16-18-31(62-45-43(57)42(56)40(54)29(6)61-45)20-37-46(7,58)36(52)24-47(59,65-37)23-30(48)19-33(50)41(55)34(51)21-38(53)63-35/h9-18,25-37,39-45,48-52,54-59H,8,19-24H2,1-7H3/b10-9+,13-11+,14-12+,17-15+,18-16+/t25?,26-,27?,28-,29+,30-,31?,32+,33+,34?,35?,36-,37?,39-,40+,41-,42-,43-,44?,45-,46-,47+/m0/s1. The Balaban J connectivity index is 1.64. The molecule has 11 N–H and O–H groups in total. The zero-order chi connectivity index (χ0) is 48.4. The van der Waals surface area contributed by atoms with Crippen LogP contribution in [0.4, 0.5) is 0 Å². The van der Waals surface area contributed by atoms with Crippen LogP contribution in [0.2, 0.25) is 0 Å². The van der Waals surface area contributed by atoms with E-state index in [1.54, 1.807) is 36.5 Å². The fourth-order valence-corrected chi connectivity index (χ4v) is 8.73. The summed E-state index contributed by atoms with van der Waals surface area (Å²) in [5, 5.41) is 120.